The van der Waals surface area contributed by atoms with Crippen LogP contribution in [0.25, 0.3) is 11.6 Å². The highest BCUT2D eigenvalue weighted by molar-refractivity contribution is 7.99. The number of methoxy groups -OCH3 is 1. The van der Waals surface area contributed by atoms with Crippen LogP contribution in [0.4, 0.5) is 0 Å². The summed E-state index contributed by atoms with van der Waals surface area (Å²) in [6, 6.07) is 6.15. The Bertz CT molecular complexity index is 1190. The number of piperidine rings is 1. The van der Waals surface area contributed by atoms with Crippen molar-refractivity contribution in [2.75, 3.05) is 32.5 Å². The van der Waals surface area contributed by atoms with Gasteiger partial charge in [0.2, 0.25) is 5.82 Å². The van der Waals surface area contributed by atoms with Crippen molar-refractivity contribution in [3.05, 3.63) is 41.4 Å². The number of hydrogen-bond donors (Lipinski definition) is 0. The summed E-state index contributed by atoms with van der Waals surface area (Å²) in [5.74, 6) is 3.76. The molecule has 3 heterocycles. The lowest BCUT2D eigenvalue weighted by Crippen LogP contribution is -2.28. The molecule has 3 aromatic rings. The molecule has 1 saturated heterocycles. The lowest BCUT2D eigenvalue weighted by atomic mass is 9.92. The van der Waals surface area contributed by atoms with Gasteiger partial charge in [-0.1, -0.05) is 17.8 Å². The average molecular weight is 468 g/mol. The Kier molecular flexibility index (Phi) is 5.78. The minimum Gasteiger partial charge on any atom is -0.496 e. The molecule has 1 unspecified atom stereocenters. The molecule has 9 heteroatoms. The molecule has 2 atom stereocenters. The predicted octanol–water partition coefficient (Wildman–Crippen LogP) is 3.75. The zero-order valence-electron chi connectivity index (χ0n) is 19.5. The predicted molar refractivity (Wildman–Crippen MR) is 126 cm³/mol. The molecular formula is C24H29N5O3S. The van der Waals surface area contributed by atoms with E-state index in [4.69, 9.17) is 9.15 Å². The van der Waals surface area contributed by atoms with Gasteiger partial charge in [0.05, 0.1) is 18.4 Å². The number of oxazole rings is 1. The van der Waals surface area contributed by atoms with Crippen LogP contribution in [-0.4, -0.2) is 62.9 Å². The molecule has 8 nitrogen and oxygen atoms in total. The van der Waals surface area contributed by atoms with E-state index in [1.54, 1.807) is 25.8 Å². The highest BCUT2D eigenvalue weighted by atomic mass is 32.2. The van der Waals surface area contributed by atoms with Gasteiger partial charge in [-0.15, -0.1) is 10.2 Å². The van der Waals surface area contributed by atoms with Gasteiger partial charge >= 0.3 is 0 Å². The van der Waals surface area contributed by atoms with Gasteiger partial charge < -0.3 is 18.6 Å². The van der Waals surface area contributed by atoms with Gasteiger partial charge in [0.15, 0.2) is 23.1 Å². The molecular weight excluding hydrogens is 438 g/mol. The maximum absolute atomic E-state index is 12.1. The first-order valence-electron chi connectivity index (χ1n) is 11.3. The van der Waals surface area contributed by atoms with Crippen molar-refractivity contribution in [1.29, 1.82) is 0 Å². The third-order valence-corrected chi connectivity index (χ3v) is 8.11. The van der Waals surface area contributed by atoms with Crippen molar-refractivity contribution in [2.24, 2.45) is 13.0 Å². The van der Waals surface area contributed by atoms with E-state index in [-0.39, 0.29) is 11.2 Å². The van der Waals surface area contributed by atoms with Gasteiger partial charge in [-0.25, -0.2) is 4.98 Å². The number of carbonyl (C=O) groups excluding carboxylic acids is 1. The molecule has 1 aliphatic heterocycles. The second-order valence-corrected chi connectivity index (χ2v) is 10.2. The summed E-state index contributed by atoms with van der Waals surface area (Å²) in [7, 11) is 3.58. The van der Waals surface area contributed by atoms with Crippen LogP contribution in [-0.2, 0) is 12.5 Å². The lowest BCUT2D eigenvalue weighted by molar-refractivity contribution is 0.101. The molecule has 2 fully saturated rings. The molecule has 0 bridgehead atoms. The molecule has 1 aliphatic carbocycles. The molecule has 5 rings (SSSR count). The molecule has 0 amide bonds. The van der Waals surface area contributed by atoms with E-state index in [0.29, 0.717) is 28.8 Å². The number of likely N-dealkylation sites (tertiary alicyclic amines) is 1. The van der Waals surface area contributed by atoms with Crippen LogP contribution in [0.1, 0.15) is 41.4 Å². The number of hydrogen-bond acceptors (Lipinski definition) is 8. The summed E-state index contributed by atoms with van der Waals surface area (Å²) in [6.45, 7) is 6.76. The van der Waals surface area contributed by atoms with Crippen LogP contribution < -0.4 is 4.74 Å². The van der Waals surface area contributed by atoms with E-state index in [1.807, 2.05) is 24.6 Å². The van der Waals surface area contributed by atoms with Crippen LogP contribution in [0, 0.1) is 12.8 Å². The summed E-state index contributed by atoms with van der Waals surface area (Å²) in [5, 5.41) is 9.49. The molecule has 33 heavy (non-hydrogen) atoms. The Morgan fingerprint density at radius 2 is 2.21 bits per heavy atom. The van der Waals surface area contributed by atoms with Crippen molar-refractivity contribution in [3.63, 3.8) is 0 Å². The minimum absolute atomic E-state index is 0.0552. The number of ether oxygens (including phenoxy) is 1. The van der Waals surface area contributed by atoms with Gasteiger partial charge in [-0.3, -0.25) is 4.79 Å². The second kappa shape index (κ2) is 8.61. The van der Waals surface area contributed by atoms with E-state index in [2.05, 4.69) is 32.2 Å². The quantitative estimate of drug-likeness (QED) is 0.267. The number of carbonyl (C=O) groups is 1. The first-order chi connectivity index (χ1) is 15.9. The Labute approximate surface area is 197 Å². The average Bonchev–Trinajstić information content (AvgIpc) is 3.10. The van der Waals surface area contributed by atoms with E-state index >= 15 is 0 Å². The number of Topliss-reactive ketones (excluding diaryl/α,β-unsaturated/α-hetero) is 1. The third-order valence-electron chi connectivity index (χ3n) is 7.00. The summed E-state index contributed by atoms with van der Waals surface area (Å²) >= 11 is 1.72. The van der Waals surface area contributed by atoms with Gasteiger partial charge in [-0.2, -0.15) is 0 Å². The number of ketones is 1. The smallest absolute Gasteiger partial charge is 0.202 e. The zero-order valence-corrected chi connectivity index (χ0v) is 20.3. The second-order valence-electron chi connectivity index (χ2n) is 9.10. The highest BCUT2D eigenvalue weighted by Gasteiger charge is 2.60. The fraction of sp³-hybridized carbons (Fsp3) is 0.500. The van der Waals surface area contributed by atoms with Crippen molar-refractivity contribution >= 4 is 17.5 Å². The fourth-order valence-corrected chi connectivity index (χ4v) is 5.94. The van der Waals surface area contributed by atoms with Gasteiger partial charge in [0.25, 0.3) is 0 Å². The largest absolute Gasteiger partial charge is 0.496 e. The monoisotopic (exact) mass is 467 g/mol. The SMILES string of the molecule is COc1ccc(C23C[C@H]2CN(CCCSc2nnc(-c4ocnc4C)n2C)C3)cc1C(C)=O. The highest BCUT2D eigenvalue weighted by Crippen LogP contribution is 2.59. The number of aryl methyl sites for hydroxylation is 1. The molecule has 0 N–H and O–H groups in total. The maximum atomic E-state index is 12.1. The molecule has 174 valence electrons. The molecule has 2 aliphatic rings. The number of rotatable bonds is 9. The van der Waals surface area contributed by atoms with Crippen LogP contribution >= 0.6 is 11.8 Å². The molecule has 0 spiro atoms. The fourth-order valence-electron chi connectivity index (χ4n) is 5.10. The first-order valence-corrected chi connectivity index (χ1v) is 12.3. The summed E-state index contributed by atoms with van der Waals surface area (Å²) in [4.78, 5) is 18.8. The number of fused-ring (bicyclic) bond motifs is 1. The number of nitrogens with zero attached hydrogens (tertiary/aromatic N) is 5. The van der Waals surface area contributed by atoms with Crippen molar-refractivity contribution in [3.8, 4) is 17.3 Å². The maximum Gasteiger partial charge on any atom is 0.202 e. The Balaban J connectivity index is 1.16. The van der Waals surface area contributed by atoms with Crippen molar-refractivity contribution in [2.45, 2.75) is 37.3 Å². The Hall–Kier alpha value is -2.65. The van der Waals surface area contributed by atoms with E-state index < -0.39 is 0 Å². The van der Waals surface area contributed by atoms with Gasteiger partial charge in [0.1, 0.15) is 5.75 Å². The minimum atomic E-state index is 0.0552. The van der Waals surface area contributed by atoms with Crippen LogP contribution in [0.2, 0.25) is 0 Å². The van der Waals surface area contributed by atoms with Crippen LogP contribution in [0.5, 0.6) is 5.75 Å². The summed E-state index contributed by atoms with van der Waals surface area (Å²) in [6.07, 6.45) is 3.73. The molecule has 1 aromatic carbocycles. The normalized spacial score (nSPS) is 21.9. The van der Waals surface area contributed by atoms with Gasteiger partial charge in [0, 0.05) is 31.3 Å². The Morgan fingerprint density at radius 1 is 1.36 bits per heavy atom. The number of thioether (sulfide) groups is 1. The topological polar surface area (TPSA) is 86.3 Å². The summed E-state index contributed by atoms with van der Waals surface area (Å²) in [5.41, 5.74) is 2.99. The van der Waals surface area contributed by atoms with Crippen molar-refractivity contribution in [1.82, 2.24) is 24.6 Å². The number of aromatic nitrogens is 4. The van der Waals surface area contributed by atoms with E-state index in [0.717, 1.165) is 42.7 Å². The molecule has 1 saturated carbocycles. The van der Waals surface area contributed by atoms with Crippen molar-refractivity contribution < 1.29 is 13.9 Å². The Morgan fingerprint density at radius 3 is 2.94 bits per heavy atom. The molecule has 2 aromatic heterocycles. The third kappa shape index (κ3) is 3.97. The van der Waals surface area contributed by atoms with E-state index in [9.17, 15) is 4.79 Å². The standard InChI is InChI=1S/C24H29N5O3S/c1-15-21(32-14-25-15)22-26-27-23(28(22)3)33-9-5-8-29-12-18-11-24(18,13-29)17-6-7-20(31-4)19(10-17)16(2)30/h6-7,10,14,18H,5,8-9,11-13H2,1-4H3/t18-,24?/m0/s1. The van der Waals surface area contributed by atoms with Crippen LogP contribution in [0.15, 0.2) is 34.2 Å². The zero-order chi connectivity index (χ0) is 23.2. The molecule has 0 radical (unpaired) electrons. The lowest BCUT2D eigenvalue weighted by Gasteiger charge is -2.21. The van der Waals surface area contributed by atoms with Gasteiger partial charge in [-0.05, 0) is 56.8 Å². The van der Waals surface area contributed by atoms with Crippen LogP contribution in [0.3, 0.4) is 0 Å². The first kappa shape index (κ1) is 22.2. The van der Waals surface area contributed by atoms with E-state index in [1.165, 1.54) is 18.4 Å². The summed E-state index contributed by atoms with van der Waals surface area (Å²) < 4.78 is 12.8. The number of benzene rings is 1.